The molecule has 3 heteroatoms. The van der Waals surface area contributed by atoms with Crippen LogP contribution in [0.4, 0.5) is 0 Å². The fourth-order valence-corrected chi connectivity index (χ4v) is 2.59. The van der Waals surface area contributed by atoms with Crippen LogP contribution in [0.5, 0.6) is 0 Å². The Labute approximate surface area is 114 Å². The van der Waals surface area contributed by atoms with Gasteiger partial charge in [0.25, 0.3) is 0 Å². The van der Waals surface area contributed by atoms with Gasteiger partial charge in [-0.15, -0.1) is 0 Å². The van der Waals surface area contributed by atoms with Crippen LogP contribution < -0.4 is 0 Å². The SMILES string of the molecule is Cc1ccc(C=CC(=O)N2CCC[C@H]2CO)c(C)c1. The van der Waals surface area contributed by atoms with E-state index in [2.05, 4.69) is 13.0 Å². The lowest BCUT2D eigenvalue weighted by Crippen LogP contribution is -2.36. The Morgan fingerprint density at radius 3 is 2.95 bits per heavy atom. The summed E-state index contributed by atoms with van der Waals surface area (Å²) in [6.45, 7) is 4.91. The van der Waals surface area contributed by atoms with Gasteiger partial charge in [0, 0.05) is 12.6 Å². The minimum atomic E-state index is -0.00346. The molecule has 1 heterocycles. The number of carbonyl (C=O) groups is 1. The molecule has 102 valence electrons. The lowest BCUT2D eigenvalue weighted by atomic mass is 10.1. The number of likely N-dealkylation sites (tertiary alicyclic amines) is 1. The minimum Gasteiger partial charge on any atom is -0.394 e. The first kappa shape index (κ1) is 13.8. The topological polar surface area (TPSA) is 40.5 Å². The molecular weight excluding hydrogens is 238 g/mol. The average Bonchev–Trinajstić information content (AvgIpc) is 2.85. The molecule has 1 saturated heterocycles. The van der Waals surface area contributed by atoms with Crippen LogP contribution in [0, 0.1) is 13.8 Å². The number of aryl methyl sites for hydroxylation is 2. The lowest BCUT2D eigenvalue weighted by molar-refractivity contribution is -0.127. The number of aliphatic hydroxyl groups excluding tert-OH is 1. The molecule has 0 bridgehead atoms. The van der Waals surface area contributed by atoms with Gasteiger partial charge in [0.1, 0.15) is 0 Å². The normalized spacial score (nSPS) is 19.3. The van der Waals surface area contributed by atoms with E-state index in [1.165, 1.54) is 11.1 Å². The van der Waals surface area contributed by atoms with Crippen molar-refractivity contribution in [1.82, 2.24) is 4.90 Å². The van der Waals surface area contributed by atoms with Crippen molar-refractivity contribution in [1.29, 1.82) is 0 Å². The highest BCUT2D eigenvalue weighted by Crippen LogP contribution is 2.18. The predicted molar refractivity (Wildman–Crippen MR) is 76.8 cm³/mol. The van der Waals surface area contributed by atoms with Gasteiger partial charge in [-0.25, -0.2) is 0 Å². The molecule has 0 radical (unpaired) electrons. The zero-order chi connectivity index (χ0) is 13.8. The zero-order valence-electron chi connectivity index (χ0n) is 11.6. The van der Waals surface area contributed by atoms with E-state index in [1.54, 1.807) is 11.0 Å². The van der Waals surface area contributed by atoms with Crippen molar-refractivity contribution in [3.8, 4) is 0 Å². The summed E-state index contributed by atoms with van der Waals surface area (Å²) in [5.74, 6) is -0.00322. The van der Waals surface area contributed by atoms with Gasteiger partial charge in [0.05, 0.1) is 12.6 Å². The van der Waals surface area contributed by atoms with E-state index in [1.807, 2.05) is 25.1 Å². The Morgan fingerprint density at radius 1 is 1.47 bits per heavy atom. The summed E-state index contributed by atoms with van der Waals surface area (Å²) in [7, 11) is 0. The summed E-state index contributed by atoms with van der Waals surface area (Å²) in [5.41, 5.74) is 3.46. The number of benzene rings is 1. The maximum Gasteiger partial charge on any atom is 0.246 e. The highest BCUT2D eigenvalue weighted by atomic mass is 16.3. The standard InChI is InChI=1S/C16H21NO2/c1-12-5-6-14(13(2)10-12)7-8-16(19)17-9-3-4-15(17)11-18/h5-8,10,15,18H,3-4,9,11H2,1-2H3/t15-/m0/s1. The molecule has 1 amide bonds. The quantitative estimate of drug-likeness (QED) is 0.846. The lowest BCUT2D eigenvalue weighted by Gasteiger charge is -2.21. The summed E-state index contributed by atoms with van der Waals surface area (Å²) in [6.07, 6.45) is 5.36. The van der Waals surface area contributed by atoms with Gasteiger partial charge in [0.2, 0.25) is 5.91 Å². The molecule has 0 unspecified atom stereocenters. The Kier molecular flexibility index (Phi) is 4.38. The van der Waals surface area contributed by atoms with Crippen LogP contribution in [0.1, 0.15) is 29.5 Å². The van der Waals surface area contributed by atoms with E-state index < -0.39 is 0 Å². The molecule has 0 saturated carbocycles. The van der Waals surface area contributed by atoms with Crippen molar-refractivity contribution in [2.24, 2.45) is 0 Å². The smallest absolute Gasteiger partial charge is 0.246 e. The van der Waals surface area contributed by atoms with Crippen molar-refractivity contribution in [2.75, 3.05) is 13.2 Å². The van der Waals surface area contributed by atoms with Crippen LogP contribution in [0.15, 0.2) is 24.3 Å². The Hall–Kier alpha value is -1.61. The third kappa shape index (κ3) is 3.24. The van der Waals surface area contributed by atoms with Crippen molar-refractivity contribution in [2.45, 2.75) is 32.7 Å². The van der Waals surface area contributed by atoms with Gasteiger partial charge in [-0.2, -0.15) is 0 Å². The average molecular weight is 259 g/mol. The third-order valence-electron chi connectivity index (χ3n) is 3.70. The number of hydrogen-bond donors (Lipinski definition) is 1. The molecule has 19 heavy (non-hydrogen) atoms. The van der Waals surface area contributed by atoms with E-state index in [9.17, 15) is 9.90 Å². The van der Waals surface area contributed by atoms with E-state index in [0.29, 0.717) is 0 Å². The summed E-state index contributed by atoms with van der Waals surface area (Å²) >= 11 is 0. The summed E-state index contributed by atoms with van der Waals surface area (Å²) in [6, 6.07) is 6.18. The van der Waals surface area contributed by atoms with E-state index >= 15 is 0 Å². The highest BCUT2D eigenvalue weighted by Gasteiger charge is 2.26. The van der Waals surface area contributed by atoms with Gasteiger partial charge in [-0.1, -0.05) is 23.8 Å². The van der Waals surface area contributed by atoms with E-state index in [4.69, 9.17) is 0 Å². The van der Waals surface area contributed by atoms with E-state index in [-0.39, 0.29) is 18.6 Å². The van der Waals surface area contributed by atoms with Crippen LogP contribution in [0.2, 0.25) is 0 Å². The molecule has 1 atom stereocenters. The van der Waals surface area contributed by atoms with Gasteiger partial charge < -0.3 is 10.0 Å². The zero-order valence-corrected chi connectivity index (χ0v) is 11.6. The molecule has 1 aliphatic heterocycles. The van der Waals surface area contributed by atoms with Crippen LogP contribution in [0.25, 0.3) is 6.08 Å². The summed E-state index contributed by atoms with van der Waals surface area (Å²) in [5, 5.41) is 9.23. The first-order chi connectivity index (χ1) is 9.11. The first-order valence-corrected chi connectivity index (χ1v) is 6.78. The second-order valence-corrected chi connectivity index (χ2v) is 5.20. The largest absolute Gasteiger partial charge is 0.394 e. The van der Waals surface area contributed by atoms with E-state index in [0.717, 1.165) is 24.9 Å². The molecule has 1 aliphatic rings. The summed E-state index contributed by atoms with van der Waals surface area (Å²) < 4.78 is 0. The number of carbonyl (C=O) groups excluding carboxylic acids is 1. The van der Waals surface area contributed by atoms with Crippen LogP contribution in [-0.4, -0.2) is 35.1 Å². The third-order valence-corrected chi connectivity index (χ3v) is 3.70. The van der Waals surface area contributed by atoms with Crippen LogP contribution in [-0.2, 0) is 4.79 Å². The Morgan fingerprint density at radius 2 is 2.26 bits per heavy atom. The highest BCUT2D eigenvalue weighted by molar-refractivity contribution is 5.92. The molecular formula is C16H21NO2. The van der Waals surface area contributed by atoms with Gasteiger partial charge in [0.15, 0.2) is 0 Å². The van der Waals surface area contributed by atoms with Gasteiger partial charge in [-0.05, 0) is 43.9 Å². The number of nitrogens with zero attached hydrogens (tertiary/aromatic N) is 1. The second kappa shape index (κ2) is 6.02. The molecule has 1 aromatic rings. The predicted octanol–water partition coefficient (Wildman–Crippen LogP) is 2.30. The summed E-state index contributed by atoms with van der Waals surface area (Å²) in [4.78, 5) is 13.9. The van der Waals surface area contributed by atoms with Crippen molar-refractivity contribution in [3.63, 3.8) is 0 Å². The molecule has 3 nitrogen and oxygen atoms in total. The van der Waals surface area contributed by atoms with Crippen LogP contribution >= 0.6 is 0 Å². The number of aliphatic hydroxyl groups is 1. The van der Waals surface area contributed by atoms with Gasteiger partial charge >= 0.3 is 0 Å². The molecule has 1 fully saturated rings. The number of hydrogen-bond acceptors (Lipinski definition) is 2. The minimum absolute atomic E-state index is 0.00322. The maximum atomic E-state index is 12.1. The fourth-order valence-electron chi connectivity index (χ4n) is 2.59. The van der Waals surface area contributed by atoms with Gasteiger partial charge in [-0.3, -0.25) is 4.79 Å². The van der Waals surface area contributed by atoms with Crippen molar-refractivity contribution < 1.29 is 9.90 Å². The molecule has 0 aliphatic carbocycles. The van der Waals surface area contributed by atoms with Crippen molar-refractivity contribution >= 4 is 12.0 Å². The maximum absolute atomic E-state index is 12.1. The second-order valence-electron chi connectivity index (χ2n) is 5.20. The number of amides is 1. The Bertz CT molecular complexity index is 494. The van der Waals surface area contributed by atoms with Crippen LogP contribution in [0.3, 0.4) is 0 Å². The number of rotatable bonds is 3. The Balaban J connectivity index is 2.07. The molecule has 1 aromatic carbocycles. The first-order valence-electron chi connectivity index (χ1n) is 6.78. The monoisotopic (exact) mass is 259 g/mol. The fraction of sp³-hybridized carbons (Fsp3) is 0.438. The molecule has 0 aromatic heterocycles. The van der Waals surface area contributed by atoms with Crippen molar-refractivity contribution in [3.05, 3.63) is 41.0 Å². The molecule has 1 N–H and O–H groups in total. The molecule has 0 spiro atoms. The molecule has 2 rings (SSSR count).